The van der Waals surface area contributed by atoms with E-state index in [1.807, 2.05) is 6.92 Å². The van der Waals surface area contributed by atoms with Gasteiger partial charge in [0.15, 0.2) is 0 Å². The fraction of sp³-hybridized carbons (Fsp3) is 0.333. The number of amides is 2. The summed E-state index contributed by atoms with van der Waals surface area (Å²) in [7, 11) is 2.11. The Bertz CT molecular complexity index is 867. The van der Waals surface area contributed by atoms with Crippen LogP contribution in [-0.2, 0) is 22.4 Å². The largest absolute Gasteiger partial charge is 0.374 e. The summed E-state index contributed by atoms with van der Waals surface area (Å²) in [6, 6.07) is 11.6. The van der Waals surface area contributed by atoms with Crippen LogP contribution >= 0.6 is 11.6 Å². The molecule has 1 aliphatic rings. The van der Waals surface area contributed by atoms with E-state index in [1.54, 1.807) is 18.2 Å². The van der Waals surface area contributed by atoms with E-state index in [2.05, 4.69) is 40.8 Å². The summed E-state index contributed by atoms with van der Waals surface area (Å²) in [5, 5.41) is 5.78. The smallest absolute Gasteiger partial charge is 0.313 e. The van der Waals surface area contributed by atoms with E-state index in [0.717, 1.165) is 30.5 Å². The average molecular weight is 386 g/mol. The lowest BCUT2D eigenvalue weighted by Gasteiger charge is -2.27. The van der Waals surface area contributed by atoms with Crippen LogP contribution in [-0.4, -0.2) is 32.0 Å². The number of aryl methyl sites for hydroxylation is 2. The molecule has 1 heterocycles. The topological polar surface area (TPSA) is 61.4 Å². The highest BCUT2D eigenvalue weighted by Crippen LogP contribution is 2.26. The minimum Gasteiger partial charge on any atom is -0.374 e. The summed E-state index contributed by atoms with van der Waals surface area (Å²) in [6.45, 7) is 3.37. The van der Waals surface area contributed by atoms with Gasteiger partial charge in [-0.3, -0.25) is 9.59 Å². The van der Waals surface area contributed by atoms with Crippen LogP contribution in [0, 0.1) is 6.92 Å². The van der Waals surface area contributed by atoms with Crippen LogP contribution in [0.3, 0.4) is 0 Å². The molecular formula is C21H24ClN3O2. The molecule has 2 amide bonds. The lowest BCUT2D eigenvalue weighted by Crippen LogP contribution is -2.36. The summed E-state index contributed by atoms with van der Waals surface area (Å²) in [5.41, 5.74) is 5.21. The summed E-state index contributed by atoms with van der Waals surface area (Å²) >= 11 is 6.03. The van der Waals surface area contributed by atoms with Gasteiger partial charge >= 0.3 is 11.8 Å². The first-order valence-electron chi connectivity index (χ1n) is 9.12. The Morgan fingerprint density at radius 1 is 1.15 bits per heavy atom. The predicted octanol–water partition coefficient (Wildman–Crippen LogP) is 3.33. The number of benzene rings is 2. The van der Waals surface area contributed by atoms with Crippen LogP contribution < -0.4 is 15.5 Å². The zero-order chi connectivity index (χ0) is 19.4. The Kier molecular flexibility index (Phi) is 6.01. The Hall–Kier alpha value is -2.53. The molecule has 1 aliphatic heterocycles. The number of nitrogens with one attached hydrogen (secondary N) is 2. The third-order valence-electron chi connectivity index (χ3n) is 4.83. The van der Waals surface area contributed by atoms with Crippen molar-refractivity contribution in [2.45, 2.75) is 26.2 Å². The van der Waals surface area contributed by atoms with Gasteiger partial charge in [-0.1, -0.05) is 29.8 Å². The number of rotatable bonds is 4. The maximum Gasteiger partial charge on any atom is 0.313 e. The fourth-order valence-electron chi connectivity index (χ4n) is 3.25. The first kappa shape index (κ1) is 19.2. The number of hydrogen-bond acceptors (Lipinski definition) is 3. The number of fused-ring (bicyclic) bond motifs is 1. The van der Waals surface area contributed by atoms with Gasteiger partial charge in [-0.25, -0.2) is 0 Å². The maximum absolute atomic E-state index is 12.0. The summed E-state index contributed by atoms with van der Waals surface area (Å²) in [6.07, 6.45) is 2.93. The molecule has 0 atom stereocenters. The summed E-state index contributed by atoms with van der Waals surface area (Å²) in [4.78, 5) is 26.3. The molecule has 0 saturated carbocycles. The van der Waals surface area contributed by atoms with Crippen molar-refractivity contribution in [2.75, 3.05) is 30.4 Å². The predicted molar refractivity (Wildman–Crippen MR) is 110 cm³/mol. The van der Waals surface area contributed by atoms with Crippen LogP contribution in [0.4, 0.5) is 11.4 Å². The monoisotopic (exact) mass is 385 g/mol. The van der Waals surface area contributed by atoms with E-state index < -0.39 is 11.8 Å². The van der Waals surface area contributed by atoms with Gasteiger partial charge < -0.3 is 15.5 Å². The second-order valence-corrected chi connectivity index (χ2v) is 7.32. The lowest BCUT2D eigenvalue weighted by molar-refractivity contribution is -0.136. The molecule has 6 heteroatoms. The molecule has 5 nitrogen and oxygen atoms in total. The second-order valence-electron chi connectivity index (χ2n) is 6.91. The second kappa shape index (κ2) is 8.44. The van der Waals surface area contributed by atoms with Crippen LogP contribution in [0.5, 0.6) is 0 Å². The van der Waals surface area contributed by atoms with Crippen molar-refractivity contribution >= 4 is 34.8 Å². The van der Waals surface area contributed by atoms with Crippen molar-refractivity contribution in [1.82, 2.24) is 5.32 Å². The molecule has 27 heavy (non-hydrogen) atoms. The molecule has 2 aromatic rings. The molecule has 0 saturated heterocycles. The molecule has 0 aliphatic carbocycles. The first-order valence-corrected chi connectivity index (χ1v) is 9.50. The van der Waals surface area contributed by atoms with Crippen LogP contribution in [0.2, 0.25) is 5.02 Å². The zero-order valence-corrected chi connectivity index (χ0v) is 16.4. The van der Waals surface area contributed by atoms with Crippen molar-refractivity contribution in [1.29, 1.82) is 0 Å². The van der Waals surface area contributed by atoms with Crippen molar-refractivity contribution in [2.24, 2.45) is 0 Å². The molecule has 0 aromatic heterocycles. The van der Waals surface area contributed by atoms with Gasteiger partial charge in [-0.2, -0.15) is 0 Å². The van der Waals surface area contributed by atoms with Crippen LogP contribution in [0.1, 0.15) is 23.1 Å². The molecule has 0 spiro atoms. The molecule has 2 N–H and O–H groups in total. The number of anilines is 2. The van der Waals surface area contributed by atoms with Crippen LogP contribution in [0.25, 0.3) is 0 Å². The number of nitrogens with zero attached hydrogens (tertiary/aromatic N) is 1. The number of carbonyl (C=O) groups excluding carboxylic acids is 2. The van der Waals surface area contributed by atoms with Crippen molar-refractivity contribution < 1.29 is 9.59 Å². The van der Waals surface area contributed by atoms with E-state index in [1.165, 1.54) is 11.3 Å². The Labute approximate surface area is 164 Å². The lowest BCUT2D eigenvalue weighted by atomic mass is 9.98. The molecule has 0 unspecified atom stereocenters. The SMILES string of the molecule is Cc1ccc(NC(=O)C(=O)NCCc2ccc3c(c2)CCCN3C)cc1Cl. The van der Waals surface area contributed by atoms with E-state index in [4.69, 9.17) is 11.6 Å². The molecule has 3 rings (SSSR count). The van der Waals surface area contributed by atoms with Gasteiger partial charge in [0.1, 0.15) is 0 Å². The van der Waals surface area contributed by atoms with Gasteiger partial charge in [0.05, 0.1) is 0 Å². The third kappa shape index (κ3) is 4.80. The van der Waals surface area contributed by atoms with Crippen molar-refractivity contribution in [3.8, 4) is 0 Å². The van der Waals surface area contributed by atoms with E-state index >= 15 is 0 Å². The summed E-state index contributed by atoms with van der Waals surface area (Å²) < 4.78 is 0. The Morgan fingerprint density at radius 2 is 1.96 bits per heavy atom. The normalized spacial score (nSPS) is 13.1. The maximum atomic E-state index is 12.0. The Morgan fingerprint density at radius 3 is 2.74 bits per heavy atom. The minimum absolute atomic E-state index is 0.412. The van der Waals surface area contributed by atoms with Gasteiger partial charge in [-0.05, 0) is 61.1 Å². The molecule has 0 radical (unpaired) electrons. The molecule has 0 bridgehead atoms. The molecule has 0 fully saturated rings. The van der Waals surface area contributed by atoms with E-state index in [-0.39, 0.29) is 0 Å². The minimum atomic E-state index is -0.693. The number of carbonyl (C=O) groups is 2. The Balaban J connectivity index is 1.50. The highest BCUT2D eigenvalue weighted by molar-refractivity contribution is 6.39. The number of halogens is 1. The van der Waals surface area contributed by atoms with Crippen molar-refractivity contribution in [3.05, 3.63) is 58.1 Å². The van der Waals surface area contributed by atoms with Gasteiger partial charge in [-0.15, -0.1) is 0 Å². The number of hydrogen-bond donors (Lipinski definition) is 2. The molecular weight excluding hydrogens is 362 g/mol. The average Bonchev–Trinajstić information content (AvgIpc) is 2.65. The third-order valence-corrected chi connectivity index (χ3v) is 5.24. The highest BCUT2D eigenvalue weighted by Gasteiger charge is 2.15. The first-order chi connectivity index (χ1) is 12.9. The fourth-order valence-corrected chi connectivity index (χ4v) is 3.43. The van der Waals surface area contributed by atoms with Crippen LogP contribution in [0.15, 0.2) is 36.4 Å². The quantitative estimate of drug-likeness (QED) is 0.793. The van der Waals surface area contributed by atoms with Gasteiger partial charge in [0, 0.05) is 36.5 Å². The van der Waals surface area contributed by atoms with E-state index in [0.29, 0.717) is 23.7 Å². The highest BCUT2D eigenvalue weighted by atomic mass is 35.5. The zero-order valence-electron chi connectivity index (χ0n) is 15.6. The van der Waals surface area contributed by atoms with Gasteiger partial charge in [0.25, 0.3) is 0 Å². The molecule has 2 aromatic carbocycles. The summed E-state index contributed by atoms with van der Waals surface area (Å²) in [5.74, 6) is -1.34. The standard InChI is InChI=1S/C21H24ClN3O2/c1-14-5-7-17(13-18(14)22)24-21(27)20(26)23-10-9-15-6-8-19-16(12-15)4-3-11-25(19)2/h5-8,12-13H,3-4,9-11H2,1-2H3,(H,23,26)(H,24,27). The van der Waals surface area contributed by atoms with Gasteiger partial charge in [0.2, 0.25) is 0 Å². The molecule has 142 valence electrons. The van der Waals surface area contributed by atoms with Crippen molar-refractivity contribution in [3.63, 3.8) is 0 Å². The van der Waals surface area contributed by atoms with E-state index in [9.17, 15) is 9.59 Å².